The highest BCUT2D eigenvalue weighted by molar-refractivity contribution is 6.15. The summed E-state index contributed by atoms with van der Waals surface area (Å²) in [7, 11) is 1.47. The van der Waals surface area contributed by atoms with E-state index in [-0.39, 0.29) is 11.8 Å². The Hall–Kier alpha value is -2.95. The Morgan fingerprint density at radius 1 is 1.14 bits per heavy atom. The molecule has 1 aromatic carbocycles. The third-order valence-electron chi connectivity index (χ3n) is 3.59. The molecular weight excluding hydrogens is 278 g/mol. The number of likely N-dealkylation sites (N-methyl/N-ethyl adjacent to an activating group) is 1. The van der Waals surface area contributed by atoms with Gasteiger partial charge >= 0.3 is 0 Å². The van der Waals surface area contributed by atoms with Crippen molar-refractivity contribution >= 4 is 11.8 Å². The van der Waals surface area contributed by atoms with E-state index in [0.717, 1.165) is 21.6 Å². The number of hydrogen-bond acceptors (Lipinski definition) is 4. The SMILES string of the molecule is CN1C(=O)C=C(NCc2ccccc2-c2cccnc2)C1=O. The number of carbonyl (C=O) groups is 2. The molecule has 1 aliphatic heterocycles. The number of rotatable bonds is 4. The Bertz CT molecular complexity index is 754. The lowest BCUT2D eigenvalue weighted by Crippen LogP contribution is -2.29. The summed E-state index contributed by atoms with van der Waals surface area (Å²) >= 11 is 0. The molecule has 3 rings (SSSR count). The van der Waals surface area contributed by atoms with E-state index >= 15 is 0 Å². The van der Waals surface area contributed by atoms with Crippen LogP contribution in [-0.4, -0.2) is 28.7 Å². The fourth-order valence-corrected chi connectivity index (χ4v) is 2.36. The maximum Gasteiger partial charge on any atom is 0.276 e. The van der Waals surface area contributed by atoms with E-state index in [2.05, 4.69) is 10.3 Å². The third-order valence-corrected chi connectivity index (χ3v) is 3.59. The van der Waals surface area contributed by atoms with Crippen LogP contribution in [0.4, 0.5) is 0 Å². The van der Waals surface area contributed by atoms with E-state index in [9.17, 15) is 9.59 Å². The molecule has 0 fully saturated rings. The maximum atomic E-state index is 11.9. The molecule has 0 unspecified atom stereocenters. The van der Waals surface area contributed by atoms with Crippen molar-refractivity contribution in [3.05, 3.63) is 66.1 Å². The quantitative estimate of drug-likeness (QED) is 0.872. The fourth-order valence-electron chi connectivity index (χ4n) is 2.36. The molecule has 2 amide bonds. The lowest BCUT2D eigenvalue weighted by Gasteiger charge is -2.12. The Kier molecular flexibility index (Phi) is 3.70. The van der Waals surface area contributed by atoms with Gasteiger partial charge < -0.3 is 5.32 Å². The molecule has 0 saturated carbocycles. The molecule has 1 aliphatic rings. The Morgan fingerprint density at radius 2 is 1.95 bits per heavy atom. The molecule has 0 saturated heterocycles. The predicted molar refractivity (Wildman–Crippen MR) is 82.4 cm³/mol. The zero-order valence-corrected chi connectivity index (χ0v) is 12.1. The topological polar surface area (TPSA) is 62.3 Å². The van der Waals surface area contributed by atoms with Gasteiger partial charge in [-0.1, -0.05) is 30.3 Å². The van der Waals surface area contributed by atoms with Gasteiger partial charge in [0.2, 0.25) is 0 Å². The van der Waals surface area contributed by atoms with E-state index in [1.54, 1.807) is 12.4 Å². The van der Waals surface area contributed by atoms with Crippen molar-refractivity contribution < 1.29 is 9.59 Å². The number of aromatic nitrogens is 1. The second-order valence-corrected chi connectivity index (χ2v) is 5.01. The van der Waals surface area contributed by atoms with Gasteiger partial charge in [-0.25, -0.2) is 0 Å². The molecule has 1 aromatic heterocycles. The van der Waals surface area contributed by atoms with Gasteiger partial charge in [-0.05, 0) is 17.2 Å². The first-order valence-corrected chi connectivity index (χ1v) is 6.92. The summed E-state index contributed by atoms with van der Waals surface area (Å²) in [6.45, 7) is 0.462. The van der Waals surface area contributed by atoms with Crippen LogP contribution in [0.25, 0.3) is 11.1 Å². The van der Waals surface area contributed by atoms with Gasteiger partial charge in [0.1, 0.15) is 5.70 Å². The van der Waals surface area contributed by atoms with Gasteiger partial charge in [0.15, 0.2) is 0 Å². The van der Waals surface area contributed by atoms with E-state index in [1.807, 2.05) is 36.4 Å². The maximum absolute atomic E-state index is 11.9. The number of nitrogens with zero attached hydrogens (tertiary/aromatic N) is 2. The van der Waals surface area contributed by atoms with E-state index in [4.69, 9.17) is 0 Å². The van der Waals surface area contributed by atoms with Gasteiger partial charge in [-0.3, -0.25) is 19.5 Å². The molecule has 22 heavy (non-hydrogen) atoms. The van der Waals surface area contributed by atoms with Crippen molar-refractivity contribution in [2.75, 3.05) is 7.05 Å². The number of nitrogens with one attached hydrogen (secondary N) is 1. The van der Waals surface area contributed by atoms with E-state index < -0.39 is 0 Å². The molecule has 0 aliphatic carbocycles. The van der Waals surface area contributed by atoms with Crippen LogP contribution in [0, 0.1) is 0 Å². The first kappa shape index (κ1) is 14.0. The Morgan fingerprint density at radius 3 is 2.64 bits per heavy atom. The standard InChI is InChI=1S/C17H15N3O2/c1-20-16(21)9-15(17(20)22)19-11-13-5-2-3-7-14(13)12-6-4-8-18-10-12/h2-10,19H,11H2,1H3. The number of benzene rings is 1. The minimum absolute atomic E-state index is 0.298. The van der Waals surface area contributed by atoms with Crippen LogP contribution in [-0.2, 0) is 16.1 Å². The summed E-state index contributed by atoms with van der Waals surface area (Å²) in [5.41, 5.74) is 3.42. The lowest BCUT2D eigenvalue weighted by molar-refractivity contribution is -0.135. The van der Waals surface area contributed by atoms with Crippen LogP contribution in [0.3, 0.4) is 0 Å². The Balaban J connectivity index is 1.81. The lowest BCUT2D eigenvalue weighted by atomic mass is 10.0. The van der Waals surface area contributed by atoms with Crippen molar-refractivity contribution in [3.63, 3.8) is 0 Å². The number of carbonyl (C=O) groups excluding carboxylic acids is 2. The Labute approximate surface area is 128 Å². The van der Waals surface area contributed by atoms with Crippen LogP contribution >= 0.6 is 0 Å². The van der Waals surface area contributed by atoms with Gasteiger partial charge in [0.25, 0.3) is 11.8 Å². The van der Waals surface area contributed by atoms with Crippen molar-refractivity contribution in [2.45, 2.75) is 6.54 Å². The number of amides is 2. The zero-order valence-electron chi connectivity index (χ0n) is 12.1. The van der Waals surface area contributed by atoms with Gasteiger partial charge in [-0.15, -0.1) is 0 Å². The second kappa shape index (κ2) is 5.81. The largest absolute Gasteiger partial charge is 0.376 e. The van der Waals surface area contributed by atoms with Crippen molar-refractivity contribution in [1.29, 1.82) is 0 Å². The van der Waals surface area contributed by atoms with Crippen LogP contribution in [0.1, 0.15) is 5.56 Å². The first-order valence-electron chi connectivity index (χ1n) is 6.92. The molecule has 2 aromatic rings. The summed E-state index contributed by atoms with van der Waals surface area (Å²) in [6.07, 6.45) is 4.86. The van der Waals surface area contributed by atoms with Gasteiger partial charge in [-0.2, -0.15) is 0 Å². The van der Waals surface area contributed by atoms with Crippen LogP contribution in [0.2, 0.25) is 0 Å². The number of pyridine rings is 1. The molecule has 0 atom stereocenters. The highest BCUT2D eigenvalue weighted by atomic mass is 16.2. The zero-order chi connectivity index (χ0) is 15.5. The van der Waals surface area contributed by atoms with Gasteiger partial charge in [0.05, 0.1) is 0 Å². The van der Waals surface area contributed by atoms with Crippen molar-refractivity contribution in [3.8, 4) is 11.1 Å². The minimum Gasteiger partial charge on any atom is -0.376 e. The van der Waals surface area contributed by atoms with Crippen LogP contribution < -0.4 is 5.32 Å². The summed E-state index contributed by atoms with van der Waals surface area (Å²) in [4.78, 5) is 28.6. The van der Waals surface area contributed by atoms with Crippen LogP contribution in [0.5, 0.6) is 0 Å². The summed E-state index contributed by atoms with van der Waals surface area (Å²) in [5, 5.41) is 3.05. The van der Waals surface area contributed by atoms with E-state index in [1.165, 1.54) is 13.1 Å². The molecule has 0 radical (unpaired) electrons. The average Bonchev–Trinajstić information content (AvgIpc) is 2.81. The number of hydrogen-bond donors (Lipinski definition) is 1. The highest BCUT2D eigenvalue weighted by Gasteiger charge is 2.27. The minimum atomic E-state index is -0.302. The van der Waals surface area contributed by atoms with Crippen molar-refractivity contribution in [2.24, 2.45) is 0 Å². The first-order chi connectivity index (χ1) is 10.7. The average molecular weight is 293 g/mol. The summed E-state index contributed by atoms with van der Waals surface area (Å²) in [6, 6.07) is 11.8. The molecule has 110 valence electrons. The highest BCUT2D eigenvalue weighted by Crippen LogP contribution is 2.23. The van der Waals surface area contributed by atoms with E-state index in [0.29, 0.717) is 12.2 Å². The van der Waals surface area contributed by atoms with Gasteiger partial charge in [0, 0.05) is 37.6 Å². The van der Waals surface area contributed by atoms with Crippen LogP contribution in [0.15, 0.2) is 60.6 Å². The molecule has 0 bridgehead atoms. The molecule has 0 spiro atoms. The fraction of sp³-hybridized carbons (Fsp3) is 0.118. The molecule has 1 N–H and O–H groups in total. The molecular formula is C17H15N3O2. The normalized spacial score (nSPS) is 14.2. The third kappa shape index (κ3) is 2.61. The monoisotopic (exact) mass is 293 g/mol. The number of imide groups is 1. The smallest absolute Gasteiger partial charge is 0.276 e. The summed E-state index contributed by atoms with van der Waals surface area (Å²) in [5.74, 6) is -0.600. The summed E-state index contributed by atoms with van der Waals surface area (Å²) < 4.78 is 0. The molecule has 2 heterocycles. The molecule has 5 nitrogen and oxygen atoms in total. The predicted octanol–water partition coefficient (Wildman–Crippen LogP) is 1.72. The molecule has 5 heteroatoms. The van der Waals surface area contributed by atoms with Crippen molar-refractivity contribution in [1.82, 2.24) is 15.2 Å². The second-order valence-electron chi connectivity index (χ2n) is 5.01.